The van der Waals surface area contributed by atoms with Gasteiger partial charge in [-0.3, -0.25) is 14.3 Å². The van der Waals surface area contributed by atoms with E-state index >= 15 is 0 Å². The second kappa shape index (κ2) is 8.26. The highest BCUT2D eigenvalue weighted by Gasteiger charge is 2.09. The second-order valence-electron chi connectivity index (χ2n) is 6.19. The van der Waals surface area contributed by atoms with Crippen LogP contribution in [0.1, 0.15) is 24.5 Å². The van der Waals surface area contributed by atoms with Crippen LogP contribution >= 0.6 is 12.2 Å². The molecule has 0 atom stereocenters. The lowest BCUT2D eigenvalue weighted by Crippen LogP contribution is -2.36. The van der Waals surface area contributed by atoms with Crippen molar-refractivity contribution in [2.24, 2.45) is 0 Å². The summed E-state index contributed by atoms with van der Waals surface area (Å²) in [6, 6.07) is 6.32. The van der Waals surface area contributed by atoms with Crippen molar-refractivity contribution < 1.29 is 4.79 Å². The fraction of sp³-hybridized carbons (Fsp3) is 0.444. The van der Waals surface area contributed by atoms with Gasteiger partial charge in [-0.15, -0.1) is 0 Å². The van der Waals surface area contributed by atoms with E-state index in [-0.39, 0.29) is 5.91 Å². The summed E-state index contributed by atoms with van der Waals surface area (Å²) in [6.07, 6.45) is 4.87. The molecular weight excluding hydrogens is 320 g/mol. The van der Waals surface area contributed by atoms with Gasteiger partial charge in [-0.05, 0) is 62.8 Å². The number of aromatic nitrogens is 2. The molecule has 1 aromatic carbocycles. The minimum absolute atomic E-state index is 0.0412. The first-order valence-electron chi connectivity index (χ1n) is 8.23. The van der Waals surface area contributed by atoms with Gasteiger partial charge in [0.05, 0.1) is 13.2 Å². The van der Waals surface area contributed by atoms with E-state index in [4.69, 9.17) is 12.2 Å². The van der Waals surface area contributed by atoms with Crippen molar-refractivity contribution in [3.63, 3.8) is 0 Å². The van der Waals surface area contributed by atoms with Crippen molar-refractivity contribution in [1.82, 2.24) is 19.4 Å². The monoisotopic (exact) mass is 346 g/mol. The summed E-state index contributed by atoms with van der Waals surface area (Å²) in [7, 11) is 1.92. The van der Waals surface area contributed by atoms with Crippen LogP contribution in [0.5, 0.6) is 0 Å². The molecule has 0 saturated heterocycles. The molecular formula is C18H26N4OS. The molecule has 0 fully saturated rings. The molecule has 2 aromatic rings. The van der Waals surface area contributed by atoms with Crippen LogP contribution in [0.4, 0.5) is 0 Å². The van der Waals surface area contributed by atoms with Gasteiger partial charge in [-0.1, -0.05) is 13.0 Å². The number of carbonyl (C=O) groups excluding carboxylic acids is 1. The van der Waals surface area contributed by atoms with Gasteiger partial charge in [-0.25, -0.2) is 0 Å². The lowest BCUT2D eigenvalue weighted by molar-refractivity contribution is -0.122. The van der Waals surface area contributed by atoms with Crippen molar-refractivity contribution in [2.45, 2.75) is 33.9 Å². The zero-order valence-corrected chi connectivity index (χ0v) is 15.7. The summed E-state index contributed by atoms with van der Waals surface area (Å²) in [5.74, 6) is 0.0412. The number of carbonyl (C=O) groups is 1. The molecule has 2 rings (SSSR count). The van der Waals surface area contributed by atoms with Crippen LogP contribution in [0.2, 0.25) is 0 Å². The first-order valence-corrected chi connectivity index (χ1v) is 8.64. The van der Waals surface area contributed by atoms with Crippen LogP contribution in [0.25, 0.3) is 5.69 Å². The fourth-order valence-electron chi connectivity index (χ4n) is 2.47. The fourth-order valence-corrected chi connectivity index (χ4v) is 2.75. The van der Waals surface area contributed by atoms with Gasteiger partial charge in [0.2, 0.25) is 5.91 Å². The Labute approximate surface area is 148 Å². The van der Waals surface area contributed by atoms with E-state index in [1.54, 1.807) is 0 Å². The number of imidazole rings is 1. The SMILES string of the molecule is CCCNC(=O)CN(C)Cn1ccn(-c2ccc(C)c(C)c2)c1=S. The molecule has 0 spiro atoms. The predicted octanol–water partition coefficient (Wildman–Crippen LogP) is 3.04. The third kappa shape index (κ3) is 4.55. The summed E-state index contributed by atoms with van der Waals surface area (Å²) in [4.78, 5) is 13.7. The Bertz CT molecular complexity index is 763. The highest BCUT2D eigenvalue weighted by Crippen LogP contribution is 2.15. The number of hydrogen-bond acceptors (Lipinski definition) is 3. The molecule has 6 heteroatoms. The first kappa shape index (κ1) is 18.4. The maximum absolute atomic E-state index is 11.8. The van der Waals surface area contributed by atoms with E-state index in [0.29, 0.717) is 13.2 Å². The third-order valence-electron chi connectivity index (χ3n) is 4.00. The molecule has 1 amide bonds. The van der Waals surface area contributed by atoms with Gasteiger partial charge >= 0.3 is 0 Å². The molecule has 0 aliphatic rings. The highest BCUT2D eigenvalue weighted by molar-refractivity contribution is 7.71. The second-order valence-corrected chi connectivity index (χ2v) is 6.56. The van der Waals surface area contributed by atoms with Crippen LogP contribution in [0.3, 0.4) is 0 Å². The van der Waals surface area contributed by atoms with Crippen LogP contribution in [-0.4, -0.2) is 40.1 Å². The Balaban J connectivity index is 2.08. The summed E-state index contributed by atoms with van der Waals surface area (Å²) >= 11 is 5.58. The quantitative estimate of drug-likeness (QED) is 0.784. The molecule has 0 radical (unpaired) electrons. The molecule has 0 aliphatic heterocycles. The third-order valence-corrected chi connectivity index (χ3v) is 4.43. The lowest BCUT2D eigenvalue weighted by atomic mass is 10.1. The van der Waals surface area contributed by atoms with Gasteiger partial charge in [0.25, 0.3) is 0 Å². The van der Waals surface area contributed by atoms with Crippen molar-refractivity contribution in [1.29, 1.82) is 0 Å². The summed E-state index contributed by atoms with van der Waals surface area (Å²) in [5.41, 5.74) is 3.57. The standard InChI is InChI=1S/C18H26N4OS/c1-5-8-19-17(23)12-20(4)13-21-9-10-22(18(21)24)16-7-6-14(2)15(3)11-16/h6-7,9-11H,5,8,12-13H2,1-4H3,(H,19,23). The summed E-state index contributed by atoms with van der Waals surface area (Å²) < 4.78 is 4.68. The highest BCUT2D eigenvalue weighted by atomic mass is 32.1. The zero-order chi connectivity index (χ0) is 17.7. The number of nitrogens with zero attached hydrogens (tertiary/aromatic N) is 3. The van der Waals surface area contributed by atoms with Crippen molar-refractivity contribution in [2.75, 3.05) is 20.1 Å². The summed E-state index contributed by atoms with van der Waals surface area (Å²) in [6.45, 7) is 7.89. The van der Waals surface area contributed by atoms with Gasteiger partial charge in [0.15, 0.2) is 4.77 Å². The largest absolute Gasteiger partial charge is 0.355 e. The Kier molecular flexibility index (Phi) is 6.34. The van der Waals surface area contributed by atoms with E-state index < -0.39 is 0 Å². The van der Waals surface area contributed by atoms with E-state index in [9.17, 15) is 4.79 Å². The number of likely N-dealkylation sites (N-methyl/N-ethyl adjacent to an activating group) is 1. The molecule has 1 aromatic heterocycles. The van der Waals surface area contributed by atoms with Crippen molar-refractivity contribution in [3.05, 3.63) is 46.5 Å². The normalized spacial score (nSPS) is 11.0. The van der Waals surface area contributed by atoms with Crippen LogP contribution in [0.15, 0.2) is 30.6 Å². The number of rotatable bonds is 7. The smallest absolute Gasteiger partial charge is 0.234 e. The molecule has 0 aliphatic carbocycles. The van der Waals surface area contributed by atoms with Crippen LogP contribution in [0, 0.1) is 18.6 Å². The average molecular weight is 347 g/mol. The summed E-state index contributed by atoms with van der Waals surface area (Å²) in [5, 5.41) is 2.89. The maximum Gasteiger partial charge on any atom is 0.234 e. The molecule has 0 bridgehead atoms. The van der Waals surface area contributed by atoms with Crippen molar-refractivity contribution >= 4 is 18.1 Å². The molecule has 0 unspecified atom stereocenters. The lowest BCUT2D eigenvalue weighted by Gasteiger charge is -2.17. The number of hydrogen-bond donors (Lipinski definition) is 1. The zero-order valence-electron chi connectivity index (χ0n) is 14.9. The molecule has 0 saturated carbocycles. The molecule has 130 valence electrons. The van der Waals surface area contributed by atoms with Gasteiger partial charge in [0.1, 0.15) is 0 Å². The van der Waals surface area contributed by atoms with Crippen LogP contribution in [-0.2, 0) is 11.5 Å². The first-order chi connectivity index (χ1) is 11.4. The maximum atomic E-state index is 11.8. The number of benzene rings is 1. The molecule has 24 heavy (non-hydrogen) atoms. The Morgan fingerprint density at radius 1 is 1.25 bits per heavy atom. The number of nitrogens with one attached hydrogen (secondary N) is 1. The van der Waals surface area contributed by atoms with Gasteiger partial charge < -0.3 is 9.88 Å². The van der Waals surface area contributed by atoms with Gasteiger partial charge in [0, 0.05) is 24.6 Å². The van der Waals surface area contributed by atoms with E-state index in [1.807, 2.05) is 40.4 Å². The Morgan fingerprint density at radius 2 is 2.00 bits per heavy atom. The molecule has 1 heterocycles. The van der Waals surface area contributed by atoms with Crippen molar-refractivity contribution in [3.8, 4) is 5.69 Å². The molecule has 5 nitrogen and oxygen atoms in total. The Hall–Kier alpha value is -1.92. The number of amides is 1. The van der Waals surface area contributed by atoms with Crippen LogP contribution < -0.4 is 5.32 Å². The topological polar surface area (TPSA) is 42.2 Å². The van der Waals surface area contributed by atoms with E-state index in [1.165, 1.54) is 11.1 Å². The minimum Gasteiger partial charge on any atom is -0.355 e. The van der Waals surface area contributed by atoms with E-state index in [2.05, 4.69) is 37.4 Å². The Morgan fingerprint density at radius 3 is 2.67 bits per heavy atom. The van der Waals surface area contributed by atoms with Gasteiger partial charge in [-0.2, -0.15) is 0 Å². The minimum atomic E-state index is 0.0412. The average Bonchev–Trinajstić information content (AvgIpc) is 2.89. The molecule has 1 N–H and O–H groups in total. The predicted molar refractivity (Wildman–Crippen MR) is 100.0 cm³/mol. The van der Waals surface area contributed by atoms with E-state index in [0.717, 1.165) is 23.4 Å². The number of aryl methyl sites for hydroxylation is 2.